The van der Waals surface area contributed by atoms with E-state index in [-0.39, 0.29) is 16.6 Å². The lowest BCUT2D eigenvalue weighted by molar-refractivity contribution is 0.290. The fraction of sp³-hybridized carbons (Fsp3) is 0.333. The predicted octanol–water partition coefficient (Wildman–Crippen LogP) is 4.52. The number of aromatic nitrogens is 2. The van der Waals surface area contributed by atoms with E-state index >= 15 is 0 Å². The molecule has 152 valence electrons. The van der Waals surface area contributed by atoms with Crippen molar-refractivity contribution in [3.8, 4) is 11.4 Å². The maximum Gasteiger partial charge on any atom is 0.245 e. The molecular weight excluding hydrogens is 393 g/mol. The molecule has 6 nitrogen and oxygen atoms in total. The van der Waals surface area contributed by atoms with E-state index in [1.165, 1.54) is 16.4 Å². The average molecular weight is 415 g/mol. The SMILES string of the molecule is CC(C)c1ccc(S(=O)(=O)N2CCCC2c2nc(-c3cccc(F)c3)no2)cc1. The smallest absolute Gasteiger partial charge is 0.245 e. The van der Waals surface area contributed by atoms with Gasteiger partial charge in [0.05, 0.1) is 4.90 Å². The molecule has 8 heteroatoms. The quantitative estimate of drug-likeness (QED) is 0.612. The first-order valence-electron chi connectivity index (χ1n) is 9.57. The Bertz CT molecular complexity index is 1110. The van der Waals surface area contributed by atoms with Crippen molar-refractivity contribution in [2.24, 2.45) is 0 Å². The molecule has 0 aliphatic carbocycles. The summed E-state index contributed by atoms with van der Waals surface area (Å²) in [7, 11) is -3.70. The second-order valence-corrected chi connectivity index (χ2v) is 9.35. The number of halogens is 1. The van der Waals surface area contributed by atoms with Gasteiger partial charge in [-0.3, -0.25) is 0 Å². The summed E-state index contributed by atoms with van der Waals surface area (Å²) >= 11 is 0. The van der Waals surface area contributed by atoms with Crippen LogP contribution in [0.4, 0.5) is 4.39 Å². The number of sulfonamides is 1. The number of hydrogen-bond donors (Lipinski definition) is 0. The average Bonchev–Trinajstić information content (AvgIpc) is 3.37. The van der Waals surface area contributed by atoms with E-state index in [2.05, 4.69) is 24.0 Å². The fourth-order valence-electron chi connectivity index (χ4n) is 3.55. The Labute approximate surface area is 169 Å². The third-order valence-electron chi connectivity index (χ3n) is 5.17. The standard InChI is InChI=1S/C21H22FN3O3S/c1-14(2)15-8-10-18(11-9-15)29(26,27)25-12-4-7-19(25)21-23-20(24-28-21)16-5-3-6-17(22)13-16/h3,5-6,8-11,13-14,19H,4,7,12H2,1-2H3. The van der Waals surface area contributed by atoms with Crippen LogP contribution < -0.4 is 0 Å². The number of nitrogens with zero attached hydrogens (tertiary/aromatic N) is 3. The molecule has 2 aromatic carbocycles. The summed E-state index contributed by atoms with van der Waals surface area (Å²) in [4.78, 5) is 4.60. The predicted molar refractivity (Wildman–Crippen MR) is 106 cm³/mol. The molecule has 0 spiro atoms. The lowest BCUT2D eigenvalue weighted by Gasteiger charge is -2.21. The van der Waals surface area contributed by atoms with Crippen LogP contribution >= 0.6 is 0 Å². The maximum atomic E-state index is 13.5. The lowest BCUT2D eigenvalue weighted by Crippen LogP contribution is -2.30. The molecule has 4 rings (SSSR count). The maximum absolute atomic E-state index is 13.5. The van der Waals surface area contributed by atoms with Gasteiger partial charge in [0.2, 0.25) is 21.7 Å². The molecule has 1 fully saturated rings. The molecule has 0 bridgehead atoms. The van der Waals surface area contributed by atoms with Crippen LogP contribution in [0.5, 0.6) is 0 Å². The largest absolute Gasteiger partial charge is 0.337 e. The van der Waals surface area contributed by atoms with Crippen molar-refractivity contribution in [1.82, 2.24) is 14.4 Å². The Kier molecular flexibility index (Phi) is 5.23. The zero-order valence-corrected chi connectivity index (χ0v) is 17.1. The molecule has 1 aliphatic heterocycles. The Balaban J connectivity index is 1.62. The van der Waals surface area contributed by atoms with E-state index < -0.39 is 21.9 Å². The first-order chi connectivity index (χ1) is 13.9. The molecule has 1 unspecified atom stereocenters. The van der Waals surface area contributed by atoms with E-state index in [1.807, 2.05) is 12.1 Å². The molecule has 0 N–H and O–H groups in total. The summed E-state index contributed by atoms with van der Waals surface area (Å²) < 4.78 is 46.7. The third kappa shape index (κ3) is 3.82. The molecule has 1 atom stereocenters. The Hall–Kier alpha value is -2.58. The second kappa shape index (κ2) is 7.68. The highest BCUT2D eigenvalue weighted by atomic mass is 32.2. The van der Waals surface area contributed by atoms with Crippen molar-refractivity contribution in [2.45, 2.75) is 43.5 Å². The first-order valence-corrected chi connectivity index (χ1v) is 11.0. The first kappa shape index (κ1) is 19.7. The molecule has 29 heavy (non-hydrogen) atoms. The summed E-state index contributed by atoms with van der Waals surface area (Å²) in [5.74, 6) is 0.392. The minimum atomic E-state index is -3.70. The van der Waals surface area contributed by atoms with Crippen molar-refractivity contribution in [1.29, 1.82) is 0 Å². The van der Waals surface area contributed by atoms with Gasteiger partial charge in [0.25, 0.3) is 0 Å². The van der Waals surface area contributed by atoms with Crippen LogP contribution in [-0.4, -0.2) is 29.4 Å². The van der Waals surface area contributed by atoms with Gasteiger partial charge in [0.15, 0.2) is 0 Å². The zero-order valence-electron chi connectivity index (χ0n) is 16.2. The summed E-state index contributed by atoms with van der Waals surface area (Å²) in [6.07, 6.45) is 1.29. The van der Waals surface area contributed by atoms with Crippen LogP contribution in [0.1, 0.15) is 50.1 Å². The highest BCUT2D eigenvalue weighted by Gasteiger charge is 2.39. The topological polar surface area (TPSA) is 76.3 Å². The van der Waals surface area contributed by atoms with Gasteiger partial charge in [-0.2, -0.15) is 9.29 Å². The molecule has 1 aromatic heterocycles. The molecule has 1 saturated heterocycles. The van der Waals surface area contributed by atoms with Gasteiger partial charge >= 0.3 is 0 Å². The molecule has 0 amide bonds. The third-order valence-corrected chi connectivity index (χ3v) is 7.09. The van der Waals surface area contributed by atoms with E-state index in [9.17, 15) is 12.8 Å². The summed E-state index contributed by atoms with van der Waals surface area (Å²) in [6.45, 7) is 4.51. The molecule has 0 saturated carbocycles. The monoisotopic (exact) mass is 415 g/mol. The fourth-order valence-corrected chi connectivity index (χ4v) is 5.20. The van der Waals surface area contributed by atoms with Crippen LogP contribution in [0.15, 0.2) is 57.9 Å². The summed E-state index contributed by atoms with van der Waals surface area (Å²) in [5.41, 5.74) is 1.57. The van der Waals surface area contributed by atoms with Crippen LogP contribution in [-0.2, 0) is 10.0 Å². The minimum absolute atomic E-state index is 0.226. The Morgan fingerprint density at radius 2 is 1.93 bits per heavy atom. The molecule has 2 heterocycles. The van der Waals surface area contributed by atoms with Crippen molar-refractivity contribution >= 4 is 10.0 Å². The summed E-state index contributed by atoms with van der Waals surface area (Å²) in [5, 5.41) is 3.92. The van der Waals surface area contributed by atoms with E-state index in [0.29, 0.717) is 30.9 Å². The highest BCUT2D eigenvalue weighted by Crippen LogP contribution is 2.36. The van der Waals surface area contributed by atoms with Crippen molar-refractivity contribution < 1.29 is 17.3 Å². The van der Waals surface area contributed by atoms with Crippen LogP contribution in [0.25, 0.3) is 11.4 Å². The number of rotatable bonds is 5. The Morgan fingerprint density at radius 1 is 1.17 bits per heavy atom. The van der Waals surface area contributed by atoms with Gasteiger partial charge in [-0.25, -0.2) is 12.8 Å². The minimum Gasteiger partial charge on any atom is -0.337 e. The van der Waals surface area contributed by atoms with Crippen LogP contribution in [0.2, 0.25) is 0 Å². The van der Waals surface area contributed by atoms with Gasteiger partial charge < -0.3 is 4.52 Å². The molecular formula is C21H22FN3O3S. The van der Waals surface area contributed by atoms with E-state index in [0.717, 1.165) is 5.56 Å². The number of hydrogen-bond acceptors (Lipinski definition) is 5. The zero-order chi connectivity index (χ0) is 20.6. The molecule has 3 aromatic rings. The van der Waals surface area contributed by atoms with Gasteiger partial charge in [0, 0.05) is 12.1 Å². The normalized spacial score (nSPS) is 17.9. The van der Waals surface area contributed by atoms with E-state index in [4.69, 9.17) is 4.52 Å². The van der Waals surface area contributed by atoms with Gasteiger partial charge in [-0.05, 0) is 48.6 Å². The van der Waals surface area contributed by atoms with Crippen molar-refractivity contribution in [3.63, 3.8) is 0 Å². The van der Waals surface area contributed by atoms with Crippen molar-refractivity contribution in [3.05, 3.63) is 65.8 Å². The van der Waals surface area contributed by atoms with Gasteiger partial charge in [-0.1, -0.05) is 43.3 Å². The highest BCUT2D eigenvalue weighted by molar-refractivity contribution is 7.89. The number of benzene rings is 2. The van der Waals surface area contributed by atoms with Crippen LogP contribution in [0, 0.1) is 5.82 Å². The second-order valence-electron chi connectivity index (χ2n) is 7.46. The Morgan fingerprint density at radius 3 is 2.62 bits per heavy atom. The van der Waals surface area contributed by atoms with Gasteiger partial charge in [-0.15, -0.1) is 0 Å². The van der Waals surface area contributed by atoms with Crippen LogP contribution in [0.3, 0.4) is 0 Å². The summed E-state index contributed by atoms with van der Waals surface area (Å²) in [6, 6.07) is 12.3. The van der Waals surface area contributed by atoms with E-state index in [1.54, 1.807) is 24.3 Å². The lowest BCUT2D eigenvalue weighted by atomic mass is 10.0. The molecule has 1 aliphatic rings. The van der Waals surface area contributed by atoms with Gasteiger partial charge in [0.1, 0.15) is 11.9 Å². The van der Waals surface area contributed by atoms with Crippen molar-refractivity contribution in [2.75, 3.05) is 6.54 Å². The molecule has 0 radical (unpaired) electrons.